The van der Waals surface area contributed by atoms with E-state index >= 15 is 0 Å². The van der Waals surface area contributed by atoms with Crippen molar-refractivity contribution in [1.29, 1.82) is 0 Å². The SMILES string of the molecule is CC(C)SC(Cl)(Cl)Cl. The van der Waals surface area contributed by atoms with Gasteiger partial charge in [-0.3, -0.25) is 0 Å². The van der Waals surface area contributed by atoms with Gasteiger partial charge in [0.2, 0.25) is 3.12 Å². The molecule has 4 heteroatoms. The highest BCUT2D eigenvalue weighted by Gasteiger charge is 2.21. The van der Waals surface area contributed by atoms with Crippen LogP contribution in [0.2, 0.25) is 0 Å². The van der Waals surface area contributed by atoms with Crippen molar-refractivity contribution in [2.45, 2.75) is 22.2 Å². The molecule has 0 radical (unpaired) electrons. The molecule has 0 aromatic heterocycles. The Kier molecular flexibility index (Phi) is 3.92. The van der Waals surface area contributed by atoms with Crippen LogP contribution in [0.15, 0.2) is 0 Å². The van der Waals surface area contributed by atoms with Crippen LogP contribution >= 0.6 is 46.6 Å². The second kappa shape index (κ2) is 3.40. The second-order valence-corrected chi connectivity index (χ2v) is 6.36. The van der Waals surface area contributed by atoms with Crippen molar-refractivity contribution >= 4 is 46.6 Å². The van der Waals surface area contributed by atoms with E-state index < -0.39 is 3.12 Å². The average Bonchev–Trinajstić information content (AvgIpc) is 1.21. The zero-order valence-corrected chi connectivity index (χ0v) is 7.70. The molecule has 0 aliphatic rings. The smallest absolute Gasteiger partial charge is 0.104 e. The molecule has 0 heterocycles. The molecular formula is C4H7Cl3S. The number of thioether (sulfide) groups is 1. The zero-order valence-electron chi connectivity index (χ0n) is 4.62. The van der Waals surface area contributed by atoms with Gasteiger partial charge in [0.05, 0.1) is 0 Å². The van der Waals surface area contributed by atoms with Crippen LogP contribution in [0.5, 0.6) is 0 Å². The van der Waals surface area contributed by atoms with Crippen molar-refractivity contribution in [1.82, 2.24) is 0 Å². The van der Waals surface area contributed by atoms with Crippen molar-refractivity contribution in [3.63, 3.8) is 0 Å². The van der Waals surface area contributed by atoms with Crippen LogP contribution in [0, 0.1) is 0 Å². The highest BCUT2D eigenvalue weighted by Crippen LogP contribution is 2.40. The molecule has 0 fully saturated rings. The summed E-state index contributed by atoms with van der Waals surface area (Å²) in [6.45, 7) is 3.96. The van der Waals surface area contributed by atoms with Gasteiger partial charge in [-0.1, -0.05) is 48.7 Å². The van der Waals surface area contributed by atoms with Gasteiger partial charge in [-0.2, -0.15) is 0 Å². The first-order valence-corrected chi connectivity index (χ1v) is 4.18. The van der Waals surface area contributed by atoms with Crippen LogP contribution in [0.4, 0.5) is 0 Å². The van der Waals surface area contributed by atoms with Crippen molar-refractivity contribution in [2.24, 2.45) is 0 Å². The van der Waals surface area contributed by atoms with Gasteiger partial charge in [-0.05, 0) is 0 Å². The third-order valence-corrected chi connectivity index (χ3v) is 1.91. The van der Waals surface area contributed by atoms with E-state index in [1.165, 1.54) is 11.8 Å². The minimum Gasteiger partial charge on any atom is -0.104 e. The fourth-order valence-corrected chi connectivity index (χ4v) is 2.41. The predicted molar refractivity (Wildman–Crippen MR) is 43.0 cm³/mol. The third-order valence-electron chi connectivity index (χ3n) is 0.369. The van der Waals surface area contributed by atoms with Crippen LogP contribution in [0.1, 0.15) is 13.8 Å². The monoisotopic (exact) mass is 192 g/mol. The molecule has 0 nitrogen and oxygen atoms in total. The molecule has 0 unspecified atom stereocenters. The predicted octanol–water partition coefficient (Wildman–Crippen LogP) is 3.46. The normalized spacial score (nSPS) is 12.8. The van der Waals surface area contributed by atoms with E-state index in [1.807, 2.05) is 13.8 Å². The van der Waals surface area contributed by atoms with Crippen LogP contribution in [-0.2, 0) is 0 Å². The molecule has 0 amide bonds. The van der Waals surface area contributed by atoms with E-state index in [-0.39, 0.29) is 0 Å². The van der Waals surface area contributed by atoms with E-state index in [0.717, 1.165) is 0 Å². The lowest BCUT2D eigenvalue weighted by molar-refractivity contribution is 1.11. The summed E-state index contributed by atoms with van der Waals surface area (Å²) in [6, 6.07) is 0. The molecule has 0 saturated heterocycles. The van der Waals surface area contributed by atoms with Gasteiger partial charge in [0, 0.05) is 5.25 Å². The van der Waals surface area contributed by atoms with Gasteiger partial charge >= 0.3 is 0 Å². The quantitative estimate of drug-likeness (QED) is 0.575. The maximum Gasteiger partial charge on any atom is 0.237 e. The lowest BCUT2D eigenvalue weighted by atomic mass is 10.6. The maximum absolute atomic E-state index is 5.42. The zero-order chi connectivity index (χ0) is 6.78. The summed E-state index contributed by atoms with van der Waals surface area (Å²) in [5.41, 5.74) is 0. The number of alkyl halides is 3. The highest BCUT2D eigenvalue weighted by molar-refractivity contribution is 8.05. The minimum atomic E-state index is -1.14. The fraction of sp³-hybridized carbons (Fsp3) is 1.00. The molecule has 0 rings (SSSR count). The summed E-state index contributed by atoms with van der Waals surface area (Å²) in [5.74, 6) is 0. The Bertz CT molecular complexity index is 66.2. The third kappa shape index (κ3) is 7.22. The first-order chi connectivity index (χ1) is 3.42. The first kappa shape index (κ1) is 9.22. The highest BCUT2D eigenvalue weighted by atomic mass is 35.6. The Hall–Kier alpha value is 1.22. The van der Waals surface area contributed by atoms with E-state index in [0.29, 0.717) is 5.25 Å². The van der Waals surface area contributed by atoms with E-state index in [1.54, 1.807) is 0 Å². The molecule has 8 heavy (non-hydrogen) atoms. The Labute approximate surface area is 68.9 Å². The van der Waals surface area contributed by atoms with E-state index in [9.17, 15) is 0 Å². The molecule has 0 aromatic rings. The number of hydrogen-bond acceptors (Lipinski definition) is 1. The Balaban J connectivity index is 3.39. The van der Waals surface area contributed by atoms with Crippen molar-refractivity contribution in [3.8, 4) is 0 Å². The summed E-state index contributed by atoms with van der Waals surface area (Å²) < 4.78 is -1.14. The van der Waals surface area contributed by atoms with Crippen LogP contribution in [0.3, 0.4) is 0 Å². The molecule has 0 N–H and O–H groups in total. The van der Waals surface area contributed by atoms with Gasteiger partial charge in [0.25, 0.3) is 0 Å². The summed E-state index contributed by atoms with van der Waals surface area (Å²) in [4.78, 5) is 0. The molecular weight excluding hydrogens is 186 g/mol. The number of hydrogen-bond donors (Lipinski definition) is 0. The summed E-state index contributed by atoms with van der Waals surface area (Å²) in [7, 11) is 0. The lowest BCUT2D eigenvalue weighted by Crippen LogP contribution is -2.00. The molecule has 0 spiro atoms. The van der Waals surface area contributed by atoms with Crippen LogP contribution < -0.4 is 0 Å². The van der Waals surface area contributed by atoms with Crippen LogP contribution in [0.25, 0.3) is 0 Å². The minimum absolute atomic E-state index is 0.363. The molecule has 0 aromatic carbocycles. The van der Waals surface area contributed by atoms with Crippen molar-refractivity contribution in [2.75, 3.05) is 0 Å². The Morgan fingerprint density at radius 1 is 1.25 bits per heavy atom. The number of halogens is 3. The van der Waals surface area contributed by atoms with Gasteiger partial charge in [0.15, 0.2) is 0 Å². The van der Waals surface area contributed by atoms with E-state index in [2.05, 4.69) is 0 Å². The Morgan fingerprint density at radius 2 is 1.62 bits per heavy atom. The summed E-state index contributed by atoms with van der Waals surface area (Å²) >= 11 is 17.6. The molecule has 0 bridgehead atoms. The van der Waals surface area contributed by atoms with Crippen molar-refractivity contribution in [3.05, 3.63) is 0 Å². The maximum atomic E-state index is 5.42. The number of rotatable bonds is 1. The standard InChI is InChI=1S/C4H7Cl3S/c1-3(2)8-4(5,6)7/h3H,1-2H3. The van der Waals surface area contributed by atoms with E-state index in [4.69, 9.17) is 34.8 Å². The van der Waals surface area contributed by atoms with Gasteiger partial charge < -0.3 is 0 Å². The largest absolute Gasteiger partial charge is 0.237 e. The Morgan fingerprint density at radius 3 is 1.62 bits per heavy atom. The van der Waals surface area contributed by atoms with Crippen LogP contribution in [-0.4, -0.2) is 8.37 Å². The fourth-order valence-electron chi connectivity index (χ4n) is 0.267. The molecule has 0 atom stereocenters. The molecule has 0 aliphatic heterocycles. The summed E-state index contributed by atoms with van der Waals surface area (Å²) in [6.07, 6.45) is 0. The van der Waals surface area contributed by atoms with Gasteiger partial charge in [-0.15, -0.1) is 11.8 Å². The van der Waals surface area contributed by atoms with Crippen molar-refractivity contribution < 1.29 is 0 Å². The molecule has 0 saturated carbocycles. The molecule has 0 aliphatic carbocycles. The molecule has 50 valence electrons. The first-order valence-electron chi connectivity index (χ1n) is 2.16. The average molecular weight is 194 g/mol. The van der Waals surface area contributed by atoms with Gasteiger partial charge in [0.1, 0.15) is 0 Å². The topological polar surface area (TPSA) is 0 Å². The summed E-state index contributed by atoms with van der Waals surface area (Å²) in [5, 5.41) is 0.363. The lowest BCUT2D eigenvalue weighted by Gasteiger charge is -2.11. The second-order valence-electron chi connectivity index (χ2n) is 1.61. The van der Waals surface area contributed by atoms with Gasteiger partial charge in [-0.25, -0.2) is 0 Å².